The minimum absolute atomic E-state index is 0.0379. The lowest BCUT2D eigenvalue weighted by Crippen LogP contribution is -2.50. The van der Waals surface area contributed by atoms with E-state index in [0.29, 0.717) is 28.2 Å². The van der Waals surface area contributed by atoms with Gasteiger partial charge in [-0.15, -0.1) is 5.11 Å². The van der Waals surface area contributed by atoms with Gasteiger partial charge in [0.1, 0.15) is 0 Å². The molecule has 7 aromatic rings. The Kier molecular flexibility index (Phi) is 12.2. The number of hydrazine groups is 2. The number of nitrogens with two attached hydrogens (primary N) is 1. The highest BCUT2D eigenvalue weighted by Crippen LogP contribution is 2.36. The van der Waals surface area contributed by atoms with Crippen molar-refractivity contribution in [3.63, 3.8) is 0 Å². The summed E-state index contributed by atoms with van der Waals surface area (Å²) in [6.07, 6.45) is 0. The van der Waals surface area contributed by atoms with Gasteiger partial charge in [0.05, 0.1) is 22.5 Å². The molecule has 56 heavy (non-hydrogen) atoms. The summed E-state index contributed by atoms with van der Waals surface area (Å²) in [5.41, 5.74) is 12.2. The van der Waals surface area contributed by atoms with E-state index in [4.69, 9.17) is 5.84 Å². The molecule has 14 nitrogen and oxygen atoms in total. The first-order valence-corrected chi connectivity index (χ1v) is 17.2. The molecule has 0 fully saturated rings. The van der Waals surface area contributed by atoms with Crippen molar-refractivity contribution in [3.8, 4) is 5.88 Å². The molecule has 0 saturated carbocycles. The monoisotopic (exact) mass is 747 g/mol. The van der Waals surface area contributed by atoms with E-state index in [9.17, 15) is 24.6 Å². The van der Waals surface area contributed by atoms with Gasteiger partial charge in [0.2, 0.25) is 11.6 Å². The predicted molar refractivity (Wildman–Crippen MR) is 216 cm³/mol. The summed E-state index contributed by atoms with van der Waals surface area (Å²) >= 11 is 0. The number of nitrogens with one attached hydrogen (secondary N) is 6. The van der Waals surface area contributed by atoms with Crippen LogP contribution < -0.4 is 32.8 Å². The van der Waals surface area contributed by atoms with Crippen molar-refractivity contribution in [2.45, 2.75) is 5.72 Å². The van der Waals surface area contributed by atoms with Crippen LogP contribution in [0.1, 0.15) is 15.9 Å². The van der Waals surface area contributed by atoms with Gasteiger partial charge in [0, 0.05) is 28.0 Å². The summed E-state index contributed by atoms with van der Waals surface area (Å²) < 4.78 is 0. The number of nitrogens with zero attached hydrogens (tertiary/aromatic N) is 2. The zero-order valence-electron chi connectivity index (χ0n) is 29.7. The maximum Gasteiger partial charge on any atom is 0.296 e. The molecule has 1 aromatic heterocycles. The number of ketones is 1. The Morgan fingerprint density at radius 1 is 0.607 bits per heavy atom. The van der Waals surface area contributed by atoms with E-state index in [1.54, 1.807) is 48.5 Å². The number of aromatic hydroxyl groups is 1. The first kappa shape index (κ1) is 38.1. The Morgan fingerprint density at radius 2 is 1.18 bits per heavy atom. The van der Waals surface area contributed by atoms with Crippen LogP contribution in [0.4, 0.5) is 34.1 Å². The summed E-state index contributed by atoms with van der Waals surface area (Å²) in [7, 11) is 0. The fourth-order valence-electron chi connectivity index (χ4n) is 5.49. The number of carbonyl (C=O) groups is 3. The minimum Gasteiger partial charge on any atom is -0.493 e. The van der Waals surface area contributed by atoms with Gasteiger partial charge in [-0.25, -0.2) is 0 Å². The van der Waals surface area contributed by atoms with Gasteiger partial charge in [0.25, 0.3) is 17.6 Å². The summed E-state index contributed by atoms with van der Waals surface area (Å²) in [5.74, 6) is 3.66. The number of aromatic amines is 1. The Morgan fingerprint density at radius 3 is 1.84 bits per heavy atom. The fraction of sp³-hybridized carbons (Fsp3) is 0.0238. The van der Waals surface area contributed by atoms with Crippen LogP contribution in [0.5, 0.6) is 5.88 Å². The number of rotatable bonds is 6. The number of anilines is 4. The molecule has 0 bridgehead atoms. The number of aliphatic hydroxyl groups is 1. The number of benzene rings is 6. The number of carbonyl (C=O) groups excluding carboxylic acids is 3. The second kappa shape index (κ2) is 17.9. The van der Waals surface area contributed by atoms with Crippen LogP contribution in [0.3, 0.4) is 0 Å². The van der Waals surface area contributed by atoms with Crippen molar-refractivity contribution >= 4 is 62.6 Å². The zero-order valence-corrected chi connectivity index (χ0v) is 29.7. The minimum atomic E-state index is -1.77. The number of nitrogen functional groups attached to an aromatic ring is 1. The lowest BCUT2D eigenvalue weighted by atomic mass is 10.1. The number of amides is 2. The number of para-hydroxylation sites is 5. The topological polar surface area (TPSA) is 218 Å². The highest BCUT2D eigenvalue weighted by atomic mass is 16.3. The largest absolute Gasteiger partial charge is 0.493 e. The van der Waals surface area contributed by atoms with Crippen LogP contribution in [0, 0.1) is 0 Å². The van der Waals surface area contributed by atoms with Crippen molar-refractivity contribution in [2.75, 3.05) is 21.5 Å². The van der Waals surface area contributed by atoms with Crippen molar-refractivity contribution in [1.82, 2.24) is 10.4 Å². The summed E-state index contributed by atoms with van der Waals surface area (Å²) in [5, 5.41) is 34.5. The van der Waals surface area contributed by atoms with Crippen LogP contribution in [0.15, 0.2) is 174 Å². The van der Waals surface area contributed by atoms with Gasteiger partial charge in [-0.05, 0) is 60.7 Å². The third-order valence-electron chi connectivity index (χ3n) is 8.30. The van der Waals surface area contributed by atoms with Gasteiger partial charge in [-0.3, -0.25) is 20.2 Å². The molecule has 10 N–H and O–H groups in total. The molecule has 14 heteroatoms. The normalized spacial score (nSPS) is 14.8. The Bertz CT molecular complexity index is 2460. The van der Waals surface area contributed by atoms with E-state index in [1.807, 2.05) is 115 Å². The van der Waals surface area contributed by atoms with Crippen LogP contribution in [-0.2, 0) is 15.3 Å². The standard InChI is InChI=1S/C14H13N3O2.C14H11N3O.C8H5NO2.C6H8N2/c18-13-14(19,11-8-4-5-9-12(11)15-13)17-16-10-6-2-1-3-7-10;18-14-13(11-8-4-5-9-12(11)15-14)17-16-10-6-2-1-3-7-10;10-7-5-3-1-2-4-6(5)9-8(7)11;7-8-6-4-2-1-3-5-6/h1-9,16-17,19H,(H,15,18);1-9,15,18H;1-4H,(H,9,10,11);1-5,8H,7H2. The molecule has 2 amide bonds. The summed E-state index contributed by atoms with van der Waals surface area (Å²) in [6.45, 7) is 0. The number of aromatic nitrogens is 1. The highest BCUT2D eigenvalue weighted by molar-refractivity contribution is 6.51. The van der Waals surface area contributed by atoms with Crippen LogP contribution in [0.25, 0.3) is 10.9 Å². The van der Waals surface area contributed by atoms with E-state index in [2.05, 4.69) is 42.1 Å². The molecule has 0 spiro atoms. The maximum absolute atomic E-state index is 11.9. The van der Waals surface area contributed by atoms with Crippen molar-refractivity contribution in [3.05, 3.63) is 175 Å². The number of Topliss-reactive ketones (excluding diaryl/α,β-unsaturated/α-hetero) is 1. The second-order valence-corrected chi connectivity index (χ2v) is 12.1. The quantitative estimate of drug-likeness (QED) is 0.0270. The van der Waals surface area contributed by atoms with Gasteiger partial charge < -0.3 is 36.7 Å². The van der Waals surface area contributed by atoms with Crippen LogP contribution in [-0.4, -0.2) is 32.8 Å². The number of hydrogen-bond acceptors (Lipinski definition) is 11. The molecule has 2 aliphatic heterocycles. The number of fused-ring (bicyclic) bond motifs is 3. The van der Waals surface area contributed by atoms with Gasteiger partial charge in [0.15, 0.2) is 5.69 Å². The SMILES string of the molecule is NNc1ccccc1.O=C1Nc2ccccc2C1(O)NNc1ccccc1.O=C1Nc2ccccc2C1=O.Oc1[nH]c2ccccc2c1N=Nc1ccccc1. The summed E-state index contributed by atoms with van der Waals surface area (Å²) in [6, 6.07) is 49.7. The second-order valence-electron chi connectivity index (χ2n) is 12.1. The molecule has 0 aliphatic carbocycles. The lowest BCUT2D eigenvalue weighted by molar-refractivity contribution is -0.136. The molecule has 3 heterocycles. The van der Waals surface area contributed by atoms with E-state index >= 15 is 0 Å². The smallest absolute Gasteiger partial charge is 0.296 e. The average molecular weight is 748 g/mol. The molecular formula is C42H37N9O5. The third-order valence-corrected chi connectivity index (χ3v) is 8.30. The Balaban J connectivity index is 0.000000133. The first-order chi connectivity index (χ1) is 27.3. The van der Waals surface area contributed by atoms with E-state index in [-0.39, 0.29) is 5.88 Å². The molecule has 6 aromatic carbocycles. The van der Waals surface area contributed by atoms with Crippen LogP contribution >= 0.6 is 0 Å². The van der Waals surface area contributed by atoms with Crippen LogP contribution in [0.2, 0.25) is 0 Å². The highest BCUT2D eigenvalue weighted by Gasteiger charge is 2.45. The number of hydrogen-bond donors (Lipinski definition) is 9. The molecular weight excluding hydrogens is 711 g/mol. The molecule has 2 aliphatic rings. The van der Waals surface area contributed by atoms with E-state index in [1.165, 1.54) is 0 Å². The van der Waals surface area contributed by atoms with Crippen molar-refractivity contribution in [2.24, 2.45) is 16.1 Å². The van der Waals surface area contributed by atoms with Gasteiger partial charge in [-0.2, -0.15) is 10.5 Å². The maximum atomic E-state index is 11.9. The lowest BCUT2D eigenvalue weighted by Gasteiger charge is -2.23. The van der Waals surface area contributed by atoms with E-state index in [0.717, 1.165) is 28.0 Å². The van der Waals surface area contributed by atoms with Gasteiger partial charge >= 0.3 is 0 Å². The van der Waals surface area contributed by atoms with Gasteiger partial charge in [-0.1, -0.05) is 103 Å². The van der Waals surface area contributed by atoms with E-state index < -0.39 is 23.3 Å². The molecule has 280 valence electrons. The summed E-state index contributed by atoms with van der Waals surface area (Å²) in [4.78, 5) is 36.5. The molecule has 1 unspecified atom stereocenters. The van der Waals surface area contributed by atoms with Crippen molar-refractivity contribution < 1.29 is 24.6 Å². The number of azo groups is 1. The third kappa shape index (κ3) is 9.10. The molecule has 9 rings (SSSR count). The Hall–Kier alpha value is -7.65. The molecule has 0 radical (unpaired) electrons. The fourth-order valence-corrected chi connectivity index (χ4v) is 5.49. The number of H-pyrrole nitrogens is 1. The average Bonchev–Trinajstić information content (AvgIpc) is 3.83. The molecule has 1 atom stereocenters. The molecule has 0 saturated heterocycles. The Labute approximate surface area is 321 Å². The first-order valence-electron chi connectivity index (χ1n) is 17.2. The predicted octanol–water partition coefficient (Wildman–Crippen LogP) is 7.48. The van der Waals surface area contributed by atoms with Crippen molar-refractivity contribution in [1.29, 1.82) is 0 Å². The zero-order chi connectivity index (χ0) is 39.3.